The standard InChI is InChI=1S/C75H142O6/c1-4-7-10-13-16-19-22-24-26-28-30-31-32-33-34-35-36-37-38-39-40-41-42-43-45-46-48-50-53-56-59-62-65-68-74(77)80-71-72(70-79-73(76)67-64-61-58-55-52-21-18-15-12-9-6-3)81-75(78)69-66-63-60-57-54-51-49-47-44-29-27-25-23-20-17-14-11-8-5-2/h17,20,25,27,72H,4-16,18-19,21-24,26,28-71H2,1-3H3/b20-17-,27-25-. The third-order valence-corrected chi connectivity index (χ3v) is 17.0. The summed E-state index contributed by atoms with van der Waals surface area (Å²) >= 11 is 0. The minimum absolute atomic E-state index is 0.0667. The molecule has 0 aliphatic heterocycles. The number of hydrogen-bond acceptors (Lipinski definition) is 6. The van der Waals surface area contributed by atoms with Gasteiger partial charge >= 0.3 is 17.9 Å². The van der Waals surface area contributed by atoms with Crippen molar-refractivity contribution in [2.45, 2.75) is 425 Å². The average molecular weight is 1140 g/mol. The second-order valence-corrected chi connectivity index (χ2v) is 25.2. The van der Waals surface area contributed by atoms with Crippen LogP contribution in [0.4, 0.5) is 0 Å². The molecule has 1 atom stereocenters. The molecule has 0 radical (unpaired) electrons. The minimum Gasteiger partial charge on any atom is -0.462 e. The van der Waals surface area contributed by atoms with Crippen LogP contribution in [0.3, 0.4) is 0 Å². The van der Waals surface area contributed by atoms with Crippen molar-refractivity contribution in [1.82, 2.24) is 0 Å². The maximum Gasteiger partial charge on any atom is 0.306 e. The van der Waals surface area contributed by atoms with Crippen molar-refractivity contribution in [3.05, 3.63) is 24.3 Å². The molecule has 0 spiro atoms. The minimum atomic E-state index is -0.770. The Kier molecular flexibility index (Phi) is 68.5. The molecule has 6 heteroatoms. The van der Waals surface area contributed by atoms with Gasteiger partial charge in [-0.05, 0) is 51.4 Å². The fourth-order valence-electron chi connectivity index (χ4n) is 11.4. The van der Waals surface area contributed by atoms with Gasteiger partial charge < -0.3 is 14.2 Å². The van der Waals surface area contributed by atoms with Gasteiger partial charge in [-0.25, -0.2) is 0 Å². The van der Waals surface area contributed by atoms with Gasteiger partial charge in [0.25, 0.3) is 0 Å². The zero-order chi connectivity index (χ0) is 58.5. The van der Waals surface area contributed by atoms with Gasteiger partial charge in [0.15, 0.2) is 6.10 Å². The molecular formula is C75H142O6. The summed E-state index contributed by atoms with van der Waals surface area (Å²) in [6, 6.07) is 0. The molecule has 6 nitrogen and oxygen atoms in total. The molecule has 0 saturated heterocycles. The van der Waals surface area contributed by atoms with Crippen molar-refractivity contribution in [2.24, 2.45) is 0 Å². The zero-order valence-electron chi connectivity index (χ0n) is 55.1. The number of carbonyl (C=O) groups excluding carboxylic acids is 3. The first-order chi connectivity index (χ1) is 40.0. The van der Waals surface area contributed by atoms with Crippen LogP contribution >= 0.6 is 0 Å². The molecule has 0 bridgehead atoms. The number of carbonyl (C=O) groups is 3. The normalized spacial score (nSPS) is 12.1. The van der Waals surface area contributed by atoms with Crippen LogP contribution in [0.15, 0.2) is 24.3 Å². The number of ether oxygens (including phenoxy) is 3. The lowest BCUT2D eigenvalue weighted by molar-refractivity contribution is -0.167. The summed E-state index contributed by atoms with van der Waals surface area (Å²) in [5.41, 5.74) is 0. The lowest BCUT2D eigenvalue weighted by Gasteiger charge is -2.18. The molecule has 0 N–H and O–H groups in total. The SMILES string of the molecule is CCCCC/C=C\C/C=C\CCCCCCCCCCCC(=O)OC(COC(=O)CCCCCCCCCCCCC)COC(=O)CCCCCCCCCCCCCCCCCCCCCCCCCCCCCCCCCCC. The number of esters is 3. The van der Waals surface area contributed by atoms with E-state index in [1.165, 1.54) is 315 Å². The monoisotopic (exact) mass is 1140 g/mol. The summed E-state index contributed by atoms with van der Waals surface area (Å²) in [6.07, 6.45) is 86.7. The number of rotatable bonds is 69. The maximum absolute atomic E-state index is 12.9. The largest absolute Gasteiger partial charge is 0.462 e. The van der Waals surface area contributed by atoms with Crippen LogP contribution in [-0.4, -0.2) is 37.2 Å². The van der Waals surface area contributed by atoms with Crippen LogP contribution in [0.2, 0.25) is 0 Å². The first kappa shape index (κ1) is 78.9. The molecule has 0 aliphatic rings. The lowest BCUT2D eigenvalue weighted by Crippen LogP contribution is -2.30. The van der Waals surface area contributed by atoms with Crippen LogP contribution in [-0.2, 0) is 28.6 Å². The highest BCUT2D eigenvalue weighted by Crippen LogP contribution is 2.19. The van der Waals surface area contributed by atoms with E-state index in [4.69, 9.17) is 14.2 Å². The molecule has 0 amide bonds. The van der Waals surface area contributed by atoms with E-state index in [1.807, 2.05) is 0 Å². The Morgan fingerprint density at radius 3 is 0.704 bits per heavy atom. The van der Waals surface area contributed by atoms with Gasteiger partial charge in [0.1, 0.15) is 13.2 Å². The zero-order valence-corrected chi connectivity index (χ0v) is 55.1. The Hall–Kier alpha value is -2.11. The fourth-order valence-corrected chi connectivity index (χ4v) is 11.4. The third-order valence-electron chi connectivity index (χ3n) is 17.0. The molecule has 478 valence electrons. The fraction of sp³-hybridized carbons (Fsp3) is 0.907. The Balaban J connectivity index is 4.06. The highest BCUT2D eigenvalue weighted by Gasteiger charge is 2.20. The van der Waals surface area contributed by atoms with E-state index in [-0.39, 0.29) is 31.1 Å². The molecular weight excluding hydrogens is 997 g/mol. The van der Waals surface area contributed by atoms with Crippen molar-refractivity contribution in [2.75, 3.05) is 13.2 Å². The van der Waals surface area contributed by atoms with E-state index < -0.39 is 6.10 Å². The molecule has 0 fully saturated rings. The first-order valence-electron chi connectivity index (χ1n) is 36.8. The Morgan fingerprint density at radius 1 is 0.247 bits per heavy atom. The van der Waals surface area contributed by atoms with Crippen molar-refractivity contribution >= 4 is 17.9 Å². The summed E-state index contributed by atoms with van der Waals surface area (Å²) in [6.45, 7) is 6.68. The molecule has 0 rings (SSSR count). The van der Waals surface area contributed by atoms with Gasteiger partial charge in [0.2, 0.25) is 0 Å². The summed E-state index contributed by atoms with van der Waals surface area (Å²) < 4.78 is 17.0. The number of hydrogen-bond donors (Lipinski definition) is 0. The molecule has 81 heavy (non-hydrogen) atoms. The van der Waals surface area contributed by atoms with E-state index in [2.05, 4.69) is 45.1 Å². The Labute approximate surface area is 506 Å². The molecule has 0 heterocycles. The smallest absolute Gasteiger partial charge is 0.306 e. The van der Waals surface area contributed by atoms with Crippen LogP contribution in [0.25, 0.3) is 0 Å². The van der Waals surface area contributed by atoms with E-state index in [9.17, 15) is 14.4 Å². The Morgan fingerprint density at radius 2 is 0.444 bits per heavy atom. The molecule has 0 aromatic rings. The van der Waals surface area contributed by atoms with Crippen molar-refractivity contribution in [3.63, 3.8) is 0 Å². The van der Waals surface area contributed by atoms with Crippen LogP contribution < -0.4 is 0 Å². The van der Waals surface area contributed by atoms with Gasteiger partial charge in [-0.15, -0.1) is 0 Å². The second kappa shape index (κ2) is 70.4. The van der Waals surface area contributed by atoms with E-state index in [0.29, 0.717) is 19.3 Å². The summed E-state index contributed by atoms with van der Waals surface area (Å²) in [7, 11) is 0. The predicted octanol–water partition coefficient (Wildman–Crippen LogP) is 25.3. The Bertz CT molecular complexity index is 1310. The predicted molar refractivity (Wildman–Crippen MR) is 353 cm³/mol. The van der Waals surface area contributed by atoms with Crippen molar-refractivity contribution in [3.8, 4) is 0 Å². The highest BCUT2D eigenvalue weighted by atomic mass is 16.6. The molecule has 0 aromatic carbocycles. The first-order valence-corrected chi connectivity index (χ1v) is 36.8. The summed E-state index contributed by atoms with van der Waals surface area (Å²) in [5, 5.41) is 0. The topological polar surface area (TPSA) is 78.9 Å². The molecule has 0 aliphatic carbocycles. The number of unbranched alkanes of at least 4 members (excludes halogenated alkanes) is 54. The van der Waals surface area contributed by atoms with Gasteiger partial charge in [-0.2, -0.15) is 0 Å². The van der Waals surface area contributed by atoms with Crippen LogP contribution in [0, 0.1) is 0 Å². The van der Waals surface area contributed by atoms with Gasteiger partial charge in [-0.1, -0.05) is 373 Å². The second-order valence-electron chi connectivity index (χ2n) is 25.2. The molecule has 0 saturated carbocycles. The van der Waals surface area contributed by atoms with Gasteiger partial charge in [0.05, 0.1) is 0 Å². The quantitative estimate of drug-likeness (QED) is 0.0261. The van der Waals surface area contributed by atoms with Crippen LogP contribution in [0.1, 0.15) is 419 Å². The van der Waals surface area contributed by atoms with Crippen LogP contribution in [0.5, 0.6) is 0 Å². The maximum atomic E-state index is 12.9. The van der Waals surface area contributed by atoms with E-state index in [1.54, 1.807) is 0 Å². The highest BCUT2D eigenvalue weighted by molar-refractivity contribution is 5.71. The van der Waals surface area contributed by atoms with E-state index in [0.717, 1.165) is 64.2 Å². The average Bonchev–Trinajstić information content (AvgIpc) is 3.47. The number of allylic oxidation sites excluding steroid dienone is 4. The van der Waals surface area contributed by atoms with Gasteiger partial charge in [0, 0.05) is 19.3 Å². The van der Waals surface area contributed by atoms with Gasteiger partial charge in [-0.3, -0.25) is 14.4 Å². The lowest BCUT2D eigenvalue weighted by atomic mass is 10.0. The van der Waals surface area contributed by atoms with Crippen molar-refractivity contribution < 1.29 is 28.6 Å². The van der Waals surface area contributed by atoms with Crippen molar-refractivity contribution in [1.29, 1.82) is 0 Å². The summed E-state index contributed by atoms with van der Waals surface area (Å²) in [4.78, 5) is 38.4. The molecule has 0 aromatic heterocycles. The summed E-state index contributed by atoms with van der Waals surface area (Å²) in [5.74, 6) is -0.841. The molecule has 1 unspecified atom stereocenters. The van der Waals surface area contributed by atoms with E-state index >= 15 is 0 Å². The third kappa shape index (κ3) is 68.6.